The average molecular weight is 237 g/mol. The number of ketones is 1. The van der Waals surface area contributed by atoms with Crippen molar-refractivity contribution in [3.05, 3.63) is 77.9 Å². The Labute approximate surface area is 107 Å². The molecule has 0 spiro atoms. The van der Waals surface area contributed by atoms with Crippen LogP contribution in [-0.4, -0.2) is 12.3 Å². The van der Waals surface area contributed by atoms with Gasteiger partial charge < -0.3 is 5.73 Å². The smallest absolute Gasteiger partial charge is 0.186 e. The second kappa shape index (κ2) is 5.94. The number of hydrogen-bond acceptors (Lipinski definition) is 2. The third kappa shape index (κ3) is 2.93. The van der Waals surface area contributed by atoms with Gasteiger partial charge in [0.2, 0.25) is 0 Å². The van der Waals surface area contributed by atoms with E-state index < -0.39 is 0 Å². The quantitative estimate of drug-likeness (QED) is 0.656. The Hall–Kier alpha value is -2.19. The van der Waals surface area contributed by atoms with Crippen molar-refractivity contribution in [1.29, 1.82) is 0 Å². The second-order valence-electron chi connectivity index (χ2n) is 3.97. The van der Waals surface area contributed by atoms with Crippen LogP contribution < -0.4 is 5.73 Å². The number of rotatable bonds is 4. The highest BCUT2D eigenvalue weighted by atomic mass is 16.1. The molecular formula is C16H15NO. The van der Waals surface area contributed by atoms with Gasteiger partial charge in [-0.25, -0.2) is 0 Å². The third-order valence-corrected chi connectivity index (χ3v) is 2.73. The molecule has 2 N–H and O–H groups in total. The third-order valence-electron chi connectivity index (χ3n) is 2.73. The molecule has 18 heavy (non-hydrogen) atoms. The average Bonchev–Trinajstić information content (AvgIpc) is 2.46. The molecule has 0 bridgehead atoms. The van der Waals surface area contributed by atoms with E-state index in [1.807, 2.05) is 48.5 Å². The molecule has 0 atom stereocenters. The highest BCUT2D eigenvalue weighted by Gasteiger charge is 2.05. The Morgan fingerprint density at radius 3 is 1.89 bits per heavy atom. The summed E-state index contributed by atoms with van der Waals surface area (Å²) in [5.74, 6) is -0.0140. The molecule has 90 valence electrons. The maximum absolute atomic E-state index is 12.1. The van der Waals surface area contributed by atoms with Crippen molar-refractivity contribution >= 4 is 11.4 Å². The summed E-state index contributed by atoms with van der Waals surface area (Å²) in [6.45, 7) is 0.350. The van der Waals surface area contributed by atoms with E-state index in [4.69, 9.17) is 5.73 Å². The van der Waals surface area contributed by atoms with Crippen LogP contribution in [0, 0.1) is 0 Å². The Balaban J connectivity index is 2.29. The molecule has 0 saturated carbocycles. The lowest BCUT2D eigenvalue weighted by Gasteiger charge is -2.04. The molecule has 2 heteroatoms. The highest BCUT2D eigenvalue weighted by molar-refractivity contribution is 6.08. The minimum Gasteiger partial charge on any atom is -0.326 e. The maximum Gasteiger partial charge on any atom is 0.186 e. The second-order valence-corrected chi connectivity index (χ2v) is 3.97. The van der Waals surface area contributed by atoms with Crippen LogP contribution in [0.5, 0.6) is 0 Å². The molecule has 0 aromatic heterocycles. The molecular weight excluding hydrogens is 222 g/mol. The van der Waals surface area contributed by atoms with E-state index in [1.54, 1.807) is 18.2 Å². The molecule has 2 aromatic carbocycles. The van der Waals surface area contributed by atoms with E-state index >= 15 is 0 Å². The molecule has 2 aromatic rings. The first-order valence-electron chi connectivity index (χ1n) is 5.86. The van der Waals surface area contributed by atoms with Gasteiger partial charge in [-0.3, -0.25) is 4.79 Å². The van der Waals surface area contributed by atoms with Crippen molar-refractivity contribution in [3.63, 3.8) is 0 Å². The van der Waals surface area contributed by atoms with Crippen molar-refractivity contribution in [2.24, 2.45) is 5.73 Å². The van der Waals surface area contributed by atoms with Crippen LogP contribution in [0.1, 0.15) is 15.9 Å². The topological polar surface area (TPSA) is 43.1 Å². The molecule has 0 fully saturated rings. The van der Waals surface area contributed by atoms with Gasteiger partial charge in [-0.1, -0.05) is 60.7 Å². The Kier molecular flexibility index (Phi) is 4.05. The monoisotopic (exact) mass is 237 g/mol. The first-order valence-corrected chi connectivity index (χ1v) is 5.86. The summed E-state index contributed by atoms with van der Waals surface area (Å²) in [7, 11) is 0. The SMILES string of the molecule is NC/C(=C\C(=O)c1ccccc1)c1ccccc1. The van der Waals surface area contributed by atoms with E-state index in [1.165, 1.54) is 0 Å². The van der Waals surface area contributed by atoms with Crippen LogP contribution in [0.2, 0.25) is 0 Å². The number of carbonyl (C=O) groups excluding carboxylic acids is 1. The van der Waals surface area contributed by atoms with Gasteiger partial charge >= 0.3 is 0 Å². The van der Waals surface area contributed by atoms with Crippen LogP contribution in [0.3, 0.4) is 0 Å². The van der Waals surface area contributed by atoms with Crippen LogP contribution in [0.15, 0.2) is 66.7 Å². The van der Waals surface area contributed by atoms with Crippen molar-refractivity contribution in [2.45, 2.75) is 0 Å². The summed E-state index contributed by atoms with van der Waals surface area (Å²) in [5.41, 5.74) is 8.23. The summed E-state index contributed by atoms with van der Waals surface area (Å²) in [5, 5.41) is 0. The van der Waals surface area contributed by atoms with Gasteiger partial charge in [0.25, 0.3) is 0 Å². The zero-order valence-electron chi connectivity index (χ0n) is 10.0. The fourth-order valence-electron chi connectivity index (χ4n) is 1.76. The van der Waals surface area contributed by atoms with E-state index in [0.717, 1.165) is 11.1 Å². The van der Waals surface area contributed by atoms with Gasteiger partial charge in [-0.2, -0.15) is 0 Å². The van der Waals surface area contributed by atoms with Crippen LogP contribution in [0.25, 0.3) is 5.57 Å². The fourth-order valence-corrected chi connectivity index (χ4v) is 1.76. The zero-order chi connectivity index (χ0) is 12.8. The minimum absolute atomic E-state index is 0.0140. The predicted octanol–water partition coefficient (Wildman–Crippen LogP) is 2.91. The number of allylic oxidation sites excluding steroid dienone is 1. The van der Waals surface area contributed by atoms with Gasteiger partial charge in [0, 0.05) is 12.1 Å². The summed E-state index contributed by atoms with van der Waals surface area (Å²) in [6.07, 6.45) is 1.62. The number of nitrogens with two attached hydrogens (primary N) is 1. The molecule has 0 aliphatic rings. The predicted molar refractivity (Wildman–Crippen MR) is 74.2 cm³/mol. The van der Waals surface area contributed by atoms with Crippen molar-refractivity contribution in [2.75, 3.05) is 6.54 Å². The molecule has 0 saturated heterocycles. The van der Waals surface area contributed by atoms with E-state index in [0.29, 0.717) is 12.1 Å². The summed E-state index contributed by atoms with van der Waals surface area (Å²) in [4.78, 5) is 12.1. The van der Waals surface area contributed by atoms with E-state index in [2.05, 4.69) is 0 Å². The first-order chi connectivity index (χ1) is 8.81. The van der Waals surface area contributed by atoms with Crippen LogP contribution in [-0.2, 0) is 0 Å². The molecule has 0 radical (unpaired) electrons. The summed E-state index contributed by atoms with van der Waals surface area (Å²) >= 11 is 0. The molecule has 0 aliphatic heterocycles. The molecule has 0 amide bonds. The van der Waals surface area contributed by atoms with Crippen molar-refractivity contribution < 1.29 is 4.79 Å². The van der Waals surface area contributed by atoms with Crippen molar-refractivity contribution in [3.8, 4) is 0 Å². The molecule has 0 unspecified atom stereocenters. The zero-order valence-corrected chi connectivity index (χ0v) is 10.0. The molecule has 2 rings (SSSR count). The molecule has 0 aliphatic carbocycles. The van der Waals surface area contributed by atoms with Gasteiger partial charge in [-0.05, 0) is 17.2 Å². The molecule has 0 heterocycles. The normalized spacial score (nSPS) is 11.3. The largest absolute Gasteiger partial charge is 0.326 e. The number of benzene rings is 2. The van der Waals surface area contributed by atoms with E-state index in [9.17, 15) is 4.79 Å². The minimum atomic E-state index is -0.0140. The Morgan fingerprint density at radius 2 is 1.39 bits per heavy atom. The number of hydrogen-bond donors (Lipinski definition) is 1. The Morgan fingerprint density at radius 1 is 0.889 bits per heavy atom. The maximum atomic E-state index is 12.1. The van der Waals surface area contributed by atoms with Gasteiger partial charge in [0.05, 0.1) is 0 Å². The Bertz CT molecular complexity index is 544. The summed E-state index contributed by atoms with van der Waals surface area (Å²) < 4.78 is 0. The molecule has 2 nitrogen and oxygen atoms in total. The van der Waals surface area contributed by atoms with Gasteiger partial charge in [0.15, 0.2) is 5.78 Å². The van der Waals surface area contributed by atoms with Crippen LogP contribution >= 0.6 is 0 Å². The van der Waals surface area contributed by atoms with Gasteiger partial charge in [0.1, 0.15) is 0 Å². The van der Waals surface area contributed by atoms with Crippen LogP contribution in [0.4, 0.5) is 0 Å². The fraction of sp³-hybridized carbons (Fsp3) is 0.0625. The lowest BCUT2D eigenvalue weighted by atomic mass is 10.0. The first kappa shape index (κ1) is 12.3. The number of carbonyl (C=O) groups is 1. The van der Waals surface area contributed by atoms with Gasteiger partial charge in [-0.15, -0.1) is 0 Å². The standard InChI is InChI=1S/C16H15NO/c17-12-15(13-7-3-1-4-8-13)11-16(18)14-9-5-2-6-10-14/h1-11H,12,17H2/b15-11+. The lowest BCUT2D eigenvalue weighted by Crippen LogP contribution is -2.05. The summed E-state index contributed by atoms with van der Waals surface area (Å²) in [6, 6.07) is 18.9. The lowest BCUT2D eigenvalue weighted by molar-refractivity contribution is 0.104. The van der Waals surface area contributed by atoms with Crippen molar-refractivity contribution in [1.82, 2.24) is 0 Å². The highest BCUT2D eigenvalue weighted by Crippen LogP contribution is 2.14. The van der Waals surface area contributed by atoms with E-state index in [-0.39, 0.29) is 5.78 Å².